The van der Waals surface area contributed by atoms with Crippen molar-refractivity contribution in [1.82, 2.24) is 25.5 Å². The maximum absolute atomic E-state index is 15.1. The molecule has 2 N–H and O–H groups in total. The average Bonchev–Trinajstić information content (AvgIpc) is 3.30. The summed E-state index contributed by atoms with van der Waals surface area (Å²) in [7, 11) is 0. The normalized spacial score (nSPS) is 14.9. The van der Waals surface area contributed by atoms with E-state index in [4.69, 9.17) is 32.7 Å². The van der Waals surface area contributed by atoms with E-state index in [2.05, 4.69) is 25.5 Å². The van der Waals surface area contributed by atoms with Gasteiger partial charge in [-0.25, -0.2) is 4.39 Å². The summed E-state index contributed by atoms with van der Waals surface area (Å²) in [5.74, 6) is 0.157. The Bertz CT molecular complexity index is 1350. The number of nitrogens with one attached hydrogen (secondary N) is 2. The highest BCUT2D eigenvalue weighted by molar-refractivity contribution is 6.35. The summed E-state index contributed by atoms with van der Waals surface area (Å²) in [6.45, 7) is 2.37. The van der Waals surface area contributed by atoms with Crippen LogP contribution in [0, 0.1) is 0 Å². The van der Waals surface area contributed by atoms with Gasteiger partial charge in [0.1, 0.15) is 18.2 Å². The van der Waals surface area contributed by atoms with Gasteiger partial charge in [-0.05, 0) is 43.2 Å². The van der Waals surface area contributed by atoms with Crippen LogP contribution in [0.2, 0.25) is 10.0 Å². The molecule has 3 aromatic heterocycles. The molecular weight excluding hydrogens is 504 g/mol. The van der Waals surface area contributed by atoms with Crippen LogP contribution in [-0.2, 0) is 17.9 Å². The summed E-state index contributed by atoms with van der Waals surface area (Å²) in [5.41, 5.74) is 3.11. The summed E-state index contributed by atoms with van der Waals surface area (Å²) >= 11 is 12.3. The highest BCUT2D eigenvalue weighted by atomic mass is 35.5. The van der Waals surface area contributed by atoms with Crippen molar-refractivity contribution in [2.24, 2.45) is 0 Å². The number of rotatable bonds is 8. The molecule has 1 aromatic carbocycles. The molecule has 4 aromatic rings. The van der Waals surface area contributed by atoms with E-state index in [9.17, 15) is 0 Å². The maximum Gasteiger partial charge on any atom is 0.134 e. The van der Waals surface area contributed by atoms with E-state index in [-0.39, 0.29) is 6.61 Å². The van der Waals surface area contributed by atoms with Gasteiger partial charge in [0, 0.05) is 67.0 Å². The van der Waals surface area contributed by atoms with Gasteiger partial charge in [-0.15, -0.1) is 0 Å². The van der Waals surface area contributed by atoms with Gasteiger partial charge in [0.2, 0.25) is 0 Å². The minimum atomic E-state index is -0.418. The number of benzene rings is 1. The predicted octanol–water partition coefficient (Wildman–Crippen LogP) is 5.97. The fraction of sp³-hybridized carbons (Fsp3) is 0.269. The van der Waals surface area contributed by atoms with Crippen molar-refractivity contribution in [3.05, 3.63) is 81.5 Å². The third-order valence-corrected chi connectivity index (χ3v) is 6.71. The number of fused-ring (bicyclic) bond motifs is 1. The van der Waals surface area contributed by atoms with E-state index in [0.717, 1.165) is 37.1 Å². The number of hydrogen-bond acceptors (Lipinski definition) is 6. The SMILES string of the molecule is F/C(=C\c1[nH]nc2ccc(OCc3c(Cl)cncc3Cl)cc12)c1ccc(CNC2CCOCC2)nc1. The van der Waals surface area contributed by atoms with Crippen LogP contribution < -0.4 is 10.1 Å². The molecule has 0 bridgehead atoms. The van der Waals surface area contributed by atoms with Crippen LogP contribution in [0.4, 0.5) is 4.39 Å². The van der Waals surface area contributed by atoms with Crippen LogP contribution in [0.15, 0.2) is 48.9 Å². The quantitative estimate of drug-likeness (QED) is 0.293. The second-order valence-electron chi connectivity index (χ2n) is 8.48. The van der Waals surface area contributed by atoms with E-state index >= 15 is 4.39 Å². The van der Waals surface area contributed by atoms with Crippen molar-refractivity contribution in [3.8, 4) is 5.75 Å². The predicted molar refractivity (Wildman–Crippen MR) is 139 cm³/mol. The van der Waals surface area contributed by atoms with Crippen LogP contribution in [0.3, 0.4) is 0 Å². The monoisotopic (exact) mass is 527 g/mol. The molecule has 0 amide bonds. The van der Waals surface area contributed by atoms with Crippen molar-refractivity contribution in [1.29, 1.82) is 0 Å². The Morgan fingerprint density at radius 2 is 1.94 bits per heavy atom. The molecule has 1 fully saturated rings. The first-order chi connectivity index (χ1) is 17.6. The number of ether oxygens (including phenoxy) is 2. The summed E-state index contributed by atoms with van der Waals surface area (Å²) in [5, 5.41) is 12.2. The second kappa shape index (κ2) is 11.3. The third-order valence-electron chi connectivity index (χ3n) is 6.06. The molecule has 36 heavy (non-hydrogen) atoms. The van der Waals surface area contributed by atoms with Gasteiger partial charge in [-0.1, -0.05) is 23.2 Å². The van der Waals surface area contributed by atoms with Gasteiger partial charge in [0.25, 0.3) is 0 Å². The fourth-order valence-corrected chi connectivity index (χ4v) is 4.45. The van der Waals surface area contributed by atoms with Gasteiger partial charge < -0.3 is 14.8 Å². The van der Waals surface area contributed by atoms with E-state index < -0.39 is 5.83 Å². The zero-order valence-corrected chi connectivity index (χ0v) is 20.8. The summed E-state index contributed by atoms with van der Waals surface area (Å²) in [6, 6.07) is 9.38. The highest BCUT2D eigenvalue weighted by Gasteiger charge is 2.14. The molecular formula is C26H24Cl2FN5O2. The third kappa shape index (κ3) is 5.84. The molecule has 4 heterocycles. The van der Waals surface area contributed by atoms with E-state index in [0.29, 0.717) is 50.7 Å². The van der Waals surface area contributed by atoms with Crippen LogP contribution in [0.1, 0.15) is 35.4 Å². The lowest BCUT2D eigenvalue weighted by Gasteiger charge is -2.23. The highest BCUT2D eigenvalue weighted by Crippen LogP contribution is 2.28. The van der Waals surface area contributed by atoms with E-state index in [1.807, 2.05) is 6.07 Å². The molecule has 1 aliphatic rings. The first-order valence-corrected chi connectivity index (χ1v) is 12.3. The zero-order valence-electron chi connectivity index (χ0n) is 19.3. The van der Waals surface area contributed by atoms with Crippen molar-refractivity contribution in [3.63, 3.8) is 0 Å². The molecule has 0 unspecified atom stereocenters. The molecule has 5 rings (SSSR count). The first-order valence-electron chi connectivity index (χ1n) is 11.6. The van der Waals surface area contributed by atoms with Crippen LogP contribution >= 0.6 is 23.2 Å². The van der Waals surface area contributed by atoms with Gasteiger partial charge in [0.15, 0.2) is 0 Å². The second-order valence-corrected chi connectivity index (χ2v) is 9.30. The van der Waals surface area contributed by atoms with Crippen molar-refractivity contribution in [2.75, 3.05) is 13.2 Å². The van der Waals surface area contributed by atoms with Crippen molar-refractivity contribution in [2.45, 2.75) is 32.0 Å². The van der Waals surface area contributed by atoms with Crippen LogP contribution in [-0.4, -0.2) is 39.4 Å². The molecule has 1 saturated heterocycles. The lowest BCUT2D eigenvalue weighted by atomic mass is 10.1. The minimum absolute atomic E-state index is 0.171. The smallest absolute Gasteiger partial charge is 0.134 e. The topological polar surface area (TPSA) is 85.0 Å². The molecule has 0 radical (unpaired) electrons. The van der Waals surface area contributed by atoms with Gasteiger partial charge in [-0.3, -0.25) is 15.1 Å². The molecule has 7 nitrogen and oxygen atoms in total. The lowest BCUT2D eigenvalue weighted by molar-refractivity contribution is 0.0775. The Morgan fingerprint density at radius 1 is 1.14 bits per heavy atom. The number of halogens is 3. The number of pyridine rings is 2. The van der Waals surface area contributed by atoms with Gasteiger partial charge >= 0.3 is 0 Å². The Hall–Kier alpha value is -3.04. The lowest BCUT2D eigenvalue weighted by Crippen LogP contribution is -2.34. The Morgan fingerprint density at radius 3 is 2.69 bits per heavy atom. The fourth-order valence-electron chi connectivity index (χ4n) is 3.97. The summed E-state index contributed by atoms with van der Waals surface area (Å²) < 4.78 is 26.3. The molecule has 0 saturated carbocycles. The number of hydrogen-bond donors (Lipinski definition) is 2. The van der Waals surface area contributed by atoms with Crippen molar-refractivity contribution < 1.29 is 13.9 Å². The maximum atomic E-state index is 15.1. The van der Waals surface area contributed by atoms with Crippen LogP contribution in [0.5, 0.6) is 5.75 Å². The molecule has 186 valence electrons. The Balaban J connectivity index is 1.27. The van der Waals surface area contributed by atoms with E-state index in [1.165, 1.54) is 18.5 Å². The number of nitrogens with zero attached hydrogens (tertiary/aromatic N) is 3. The number of aromatic nitrogens is 4. The number of H-pyrrole nitrogens is 1. The minimum Gasteiger partial charge on any atom is -0.489 e. The average molecular weight is 528 g/mol. The molecule has 1 aliphatic heterocycles. The largest absolute Gasteiger partial charge is 0.489 e. The Labute approximate surface area is 217 Å². The molecule has 0 spiro atoms. The van der Waals surface area contributed by atoms with Gasteiger partial charge in [0.05, 0.1) is 26.9 Å². The standard InChI is InChI=1S/C26H24Cl2FN5O2/c27-22-13-30-14-23(28)21(22)15-36-19-3-4-25-20(9-19)26(34-33-25)10-24(29)16-1-2-18(31-11-16)12-32-17-5-7-35-8-6-17/h1-4,9-11,13-14,17,32H,5-8,12,15H2,(H,33,34)/b24-10-. The van der Waals surface area contributed by atoms with E-state index in [1.54, 1.807) is 30.5 Å². The van der Waals surface area contributed by atoms with Gasteiger partial charge in [-0.2, -0.15) is 5.10 Å². The molecule has 10 heteroatoms. The summed E-state index contributed by atoms with van der Waals surface area (Å²) in [4.78, 5) is 8.36. The van der Waals surface area contributed by atoms with Crippen LogP contribution in [0.25, 0.3) is 22.8 Å². The van der Waals surface area contributed by atoms with Crippen molar-refractivity contribution >= 4 is 46.0 Å². The summed E-state index contributed by atoms with van der Waals surface area (Å²) in [6.07, 6.45) is 7.97. The molecule has 0 aliphatic carbocycles. The zero-order chi connectivity index (χ0) is 24.9. The molecule has 0 atom stereocenters. The Kier molecular flexibility index (Phi) is 7.77. The first kappa shape index (κ1) is 24.6. The number of aromatic amines is 1.